The Labute approximate surface area is 178 Å². The summed E-state index contributed by atoms with van der Waals surface area (Å²) in [6.07, 6.45) is 1.62. The monoisotopic (exact) mass is 451 g/mol. The zero-order valence-corrected chi connectivity index (χ0v) is 17.7. The largest absolute Gasteiger partial charge is 0.493 e. The molecule has 0 aromatic heterocycles. The van der Waals surface area contributed by atoms with Gasteiger partial charge in [-0.2, -0.15) is 5.26 Å². The minimum atomic E-state index is -0.443. The number of allylic oxidation sites excluding steroid dienone is 1. The van der Waals surface area contributed by atoms with Crippen LogP contribution in [0, 0.1) is 24.1 Å². The molecule has 0 spiro atoms. The van der Waals surface area contributed by atoms with Gasteiger partial charge in [0.05, 0.1) is 18.8 Å². The molecule has 3 nitrogen and oxygen atoms in total. The van der Waals surface area contributed by atoms with Crippen LogP contribution in [0.1, 0.15) is 22.3 Å². The molecule has 5 heteroatoms. The molecule has 0 N–H and O–H groups in total. The Balaban J connectivity index is 1.92. The van der Waals surface area contributed by atoms with Crippen LogP contribution in [0.4, 0.5) is 4.39 Å². The van der Waals surface area contributed by atoms with Crippen molar-refractivity contribution in [3.05, 3.63) is 93.2 Å². The van der Waals surface area contributed by atoms with Gasteiger partial charge in [-0.3, -0.25) is 0 Å². The van der Waals surface area contributed by atoms with E-state index < -0.39 is 5.82 Å². The summed E-state index contributed by atoms with van der Waals surface area (Å²) in [6, 6.07) is 19.9. The van der Waals surface area contributed by atoms with Crippen LogP contribution < -0.4 is 9.47 Å². The van der Waals surface area contributed by atoms with E-state index in [1.165, 1.54) is 6.07 Å². The third kappa shape index (κ3) is 5.04. The van der Waals surface area contributed by atoms with Crippen LogP contribution in [-0.2, 0) is 6.61 Å². The molecule has 0 aliphatic heterocycles. The van der Waals surface area contributed by atoms with Crippen LogP contribution in [0.25, 0.3) is 11.6 Å². The van der Waals surface area contributed by atoms with Crippen molar-refractivity contribution in [2.45, 2.75) is 13.5 Å². The zero-order valence-electron chi connectivity index (χ0n) is 16.1. The van der Waals surface area contributed by atoms with E-state index >= 15 is 0 Å². The van der Waals surface area contributed by atoms with Crippen molar-refractivity contribution in [1.29, 1.82) is 5.26 Å². The molecule has 0 heterocycles. The lowest BCUT2D eigenvalue weighted by Crippen LogP contribution is -1.99. The normalized spacial score (nSPS) is 11.1. The van der Waals surface area contributed by atoms with Crippen molar-refractivity contribution in [3.8, 4) is 17.6 Å². The number of benzene rings is 3. The van der Waals surface area contributed by atoms with Crippen molar-refractivity contribution in [3.63, 3.8) is 0 Å². The zero-order chi connectivity index (χ0) is 20.8. The van der Waals surface area contributed by atoms with Gasteiger partial charge in [-0.25, -0.2) is 4.39 Å². The van der Waals surface area contributed by atoms with Crippen LogP contribution in [0.15, 0.2) is 65.1 Å². The first-order chi connectivity index (χ1) is 14.0. The van der Waals surface area contributed by atoms with Gasteiger partial charge in [0.15, 0.2) is 11.5 Å². The third-order valence-electron chi connectivity index (χ3n) is 4.34. The van der Waals surface area contributed by atoms with Crippen molar-refractivity contribution < 1.29 is 13.9 Å². The third-order valence-corrected chi connectivity index (χ3v) is 5.03. The van der Waals surface area contributed by atoms with Crippen molar-refractivity contribution in [2.75, 3.05) is 7.11 Å². The highest BCUT2D eigenvalue weighted by molar-refractivity contribution is 9.10. The number of halogens is 2. The Hall–Kier alpha value is -3.10. The first kappa shape index (κ1) is 20.6. The SMILES string of the molecule is COc1cc(C=C(C#N)c2ccccc2F)c(Br)cc1OCc1cccc(C)c1. The molecule has 3 aromatic carbocycles. The lowest BCUT2D eigenvalue weighted by Gasteiger charge is -2.13. The van der Waals surface area contributed by atoms with E-state index in [1.807, 2.05) is 25.1 Å². The molecule has 0 atom stereocenters. The van der Waals surface area contributed by atoms with E-state index in [1.54, 1.807) is 43.5 Å². The summed E-state index contributed by atoms with van der Waals surface area (Å²) in [5.41, 5.74) is 3.37. The number of hydrogen-bond donors (Lipinski definition) is 0. The first-order valence-electron chi connectivity index (χ1n) is 8.94. The van der Waals surface area contributed by atoms with Gasteiger partial charge in [0.1, 0.15) is 12.4 Å². The summed E-state index contributed by atoms with van der Waals surface area (Å²) >= 11 is 3.51. The van der Waals surface area contributed by atoms with E-state index in [-0.39, 0.29) is 11.1 Å². The fraction of sp³-hybridized carbons (Fsp3) is 0.125. The molecule has 0 amide bonds. The van der Waals surface area contributed by atoms with Gasteiger partial charge in [-0.05, 0) is 42.3 Å². The molecule has 29 heavy (non-hydrogen) atoms. The van der Waals surface area contributed by atoms with E-state index in [2.05, 4.69) is 28.1 Å². The van der Waals surface area contributed by atoms with Crippen LogP contribution >= 0.6 is 15.9 Å². The lowest BCUT2D eigenvalue weighted by molar-refractivity contribution is 0.284. The second-order valence-corrected chi connectivity index (χ2v) is 7.31. The van der Waals surface area contributed by atoms with E-state index in [4.69, 9.17) is 9.47 Å². The molecular formula is C24H19BrFNO2. The number of rotatable bonds is 6. The molecule has 146 valence electrons. The highest BCUT2D eigenvalue weighted by Crippen LogP contribution is 2.36. The molecule has 0 saturated carbocycles. The maximum atomic E-state index is 14.1. The molecule has 3 aromatic rings. The highest BCUT2D eigenvalue weighted by atomic mass is 79.9. The van der Waals surface area contributed by atoms with Gasteiger partial charge in [0.25, 0.3) is 0 Å². The predicted octanol–water partition coefficient (Wildman–Crippen LogP) is 6.55. The maximum Gasteiger partial charge on any atom is 0.162 e. The Kier molecular flexibility index (Phi) is 6.69. The fourth-order valence-electron chi connectivity index (χ4n) is 2.90. The Bertz CT molecular complexity index is 1100. The second kappa shape index (κ2) is 9.40. The molecule has 0 fully saturated rings. The average Bonchev–Trinajstić information content (AvgIpc) is 2.72. The van der Waals surface area contributed by atoms with Gasteiger partial charge in [0.2, 0.25) is 0 Å². The number of ether oxygens (including phenoxy) is 2. The smallest absolute Gasteiger partial charge is 0.162 e. The number of hydrogen-bond acceptors (Lipinski definition) is 3. The topological polar surface area (TPSA) is 42.2 Å². The quantitative estimate of drug-likeness (QED) is 0.315. The summed E-state index contributed by atoms with van der Waals surface area (Å²) < 4.78 is 26.2. The first-order valence-corrected chi connectivity index (χ1v) is 9.73. The molecule has 0 unspecified atom stereocenters. The summed E-state index contributed by atoms with van der Waals surface area (Å²) in [6.45, 7) is 2.43. The summed E-state index contributed by atoms with van der Waals surface area (Å²) in [4.78, 5) is 0. The van der Waals surface area contributed by atoms with Gasteiger partial charge in [-0.1, -0.05) is 64.0 Å². The van der Waals surface area contributed by atoms with Crippen molar-refractivity contribution in [2.24, 2.45) is 0 Å². The molecule has 0 radical (unpaired) electrons. The van der Waals surface area contributed by atoms with Crippen molar-refractivity contribution in [1.82, 2.24) is 0 Å². The van der Waals surface area contributed by atoms with Gasteiger partial charge >= 0.3 is 0 Å². The standard InChI is InChI=1S/C24H19BrFNO2/c1-16-6-5-7-17(10-16)15-29-24-13-21(25)18(12-23(24)28-2)11-19(14-27)20-8-3-4-9-22(20)26/h3-13H,15H2,1-2H3. The van der Waals surface area contributed by atoms with E-state index in [9.17, 15) is 9.65 Å². The molecule has 0 aliphatic rings. The number of nitrogens with zero attached hydrogens (tertiary/aromatic N) is 1. The number of methoxy groups -OCH3 is 1. The van der Waals surface area contributed by atoms with Gasteiger partial charge in [0, 0.05) is 10.0 Å². The van der Waals surface area contributed by atoms with Gasteiger partial charge in [-0.15, -0.1) is 0 Å². The Morgan fingerprint density at radius 3 is 2.59 bits per heavy atom. The van der Waals surface area contributed by atoms with Crippen LogP contribution in [0.2, 0.25) is 0 Å². The molecule has 0 bridgehead atoms. The van der Waals surface area contributed by atoms with Crippen LogP contribution in [-0.4, -0.2) is 7.11 Å². The molecule has 3 rings (SSSR count). The molecular weight excluding hydrogens is 433 g/mol. The predicted molar refractivity (Wildman–Crippen MR) is 116 cm³/mol. The molecule has 0 aliphatic carbocycles. The summed E-state index contributed by atoms with van der Waals surface area (Å²) in [5.74, 6) is 0.654. The Morgan fingerprint density at radius 1 is 1.10 bits per heavy atom. The minimum Gasteiger partial charge on any atom is -0.493 e. The van der Waals surface area contributed by atoms with Crippen molar-refractivity contribution >= 4 is 27.6 Å². The van der Waals surface area contributed by atoms with E-state index in [0.29, 0.717) is 28.1 Å². The average molecular weight is 452 g/mol. The van der Waals surface area contributed by atoms with Crippen LogP contribution in [0.3, 0.4) is 0 Å². The van der Waals surface area contributed by atoms with Gasteiger partial charge < -0.3 is 9.47 Å². The second-order valence-electron chi connectivity index (χ2n) is 6.45. The summed E-state index contributed by atoms with van der Waals surface area (Å²) in [7, 11) is 1.55. The summed E-state index contributed by atoms with van der Waals surface area (Å²) in [5, 5.41) is 9.51. The van der Waals surface area contributed by atoms with E-state index in [0.717, 1.165) is 11.1 Å². The number of nitriles is 1. The maximum absolute atomic E-state index is 14.1. The lowest BCUT2D eigenvalue weighted by atomic mass is 10.0. The fourth-order valence-corrected chi connectivity index (χ4v) is 3.34. The highest BCUT2D eigenvalue weighted by Gasteiger charge is 2.12. The van der Waals surface area contributed by atoms with Crippen LogP contribution in [0.5, 0.6) is 11.5 Å². The Morgan fingerprint density at radius 2 is 1.90 bits per heavy atom. The number of aryl methyl sites for hydroxylation is 1. The molecule has 0 saturated heterocycles. The minimum absolute atomic E-state index is 0.222.